The van der Waals surface area contributed by atoms with E-state index in [1.165, 1.54) is 32.6 Å². The second-order valence-corrected chi connectivity index (χ2v) is 20.0. The van der Waals surface area contributed by atoms with Crippen LogP contribution in [-0.2, 0) is 28.5 Å². The molecule has 14 atom stereocenters. The molecule has 0 radical (unpaired) electrons. The molecule has 284 valence electrons. The van der Waals surface area contributed by atoms with Gasteiger partial charge in [-0.05, 0) is 123 Å². The van der Waals surface area contributed by atoms with Gasteiger partial charge in [0.1, 0.15) is 0 Å². The molecule has 2 spiro atoms. The van der Waals surface area contributed by atoms with Gasteiger partial charge in [0.05, 0.1) is 36.6 Å². The summed E-state index contributed by atoms with van der Waals surface area (Å²) in [5, 5.41) is 23.7. The monoisotopic (exact) mass is 701 g/mol. The van der Waals surface area contributed by atoms with Crippen molar-refractivity contribution in [2.75, 3.05) is 32.9 Å². The summed E-state index contributed by atoms with van der Waals surface area (Å²) in [6, 6.07) is 0.576. The van der Waals surface area contributed by atoms with Crippen molar-refractivity contribution in [2.45, 2.75) is 168 Å². The summed E-state index contributed by atoms with van der Waals surface area (Å²) in [5.74, 6) is 1.13. The predicted molar refractivity (Wildman–Crippen MR) is 188 cm³/mol. The summed E-state index contributed by atoms with van der Waals surface area (Å²) in [7, 11) is 0. The average Bonchev–Trinajstić information content (AvgIpc) is 3.69. The molecule has 0 aromatic rings. The smallest absolute Gasteiger partial charge is 0.303 e. The van der Waals surface area contributed by atoms with Crippen molar-refractivity contribution in [1.29, 1.82) is 0 Å². The van der Waals surface area contributed by atoms with Crippen LogP contribution in [0.1, 0.15) is 120 Å². The molecule has 0 aromatic heterocycles. The fourth-order valence-corrected chi connectivity index (χ4v) is 14.9. The Morgan fingerprint density at radius 3 is 2.36 bits per heavy atom. The number of aliphatic hydroxyl groups is 2. The van der Waals surface area contributed by atoms with Crippen LogP contribution in [0.5, 0.6) is 0 Å². The van der Waals surface area contributed by atoms with Crippen molar-refractivity contribution in [3.05, 3.63) is 0 Å². The molecule has 9 nitrogen and oxygen atoms in total. The lowest BCUT2D eigenvalue weighted by atomic mass is 9.41. The van der Waals surface area contributed by atoms with E-state index in [2.05, 4.69) is 39.5 Å². The third-order valence-corrected chi connectivity index (χ3v) is 17.2. The van der Waals surface area contributed by atoms with Crippen LogP contribution in [0.25, 0.3) is 0 Å². The number of aliphatic hydroxyl groups excluding tert-OH is 1. The van der Waals surface area contributed by atoms with Crippen LogP contribution in [-0.4, -0.2) is 102 Å². The van der Waals surface area contributed by atoms with E-state index in [0.29, 0.717) is 29.7 Å². The number of esters is 1. The van der Waals surface area contributed by atoms with Crippen molar-refractivity contribution in [3.63, 3.8) is 0 Å². The van der Waals surface area contributed by atoms with Crippen LogP contribution in [0.2, 0.25) is 0 Å². The highest BCUT2D eigenvalue weighted by molar-refractivity contribution is 5.66. The quantitative estimate of drug-likeness (QED) is 0.336. The van der Waals surface area contributed by atoms with Crippen LogP contribution in [0.4, 0.5) is 0 Å². The first-order chi connectivity index (χ1) is 23.5. The lowest BCUT2D eigenvalue weighted by Crippen LogP contribution is -2.60. The molecule has 3 heterocycles. The number of hydrogen-bond acceptors (Lipinski definition) is 9. The highest BCUT2D eigenvalue weighted by Crippen LogP contribution is 2.89. The molecule has 8 fully saturated rings. The van der Waals surface area contributed by atoms with Gasteiger partial charge in [0, 0.05) is 44.7 Å². The van der Waals surface area contributed by atoms with Crippen LogP contribution in [0.3, 0.4) is 0 Å². The van der Waals surface area contributed by atoms with E-state index >= 15 is 0 Å². The predicted octanol–water partition coefficient (Wildman–Crippen LogP) is 5.72. The SMILES string of the molecule is CC(=O)O[C@@H]([C@H]1C[C@@H](C)[C@H]2[C@H](O1)[C@H](O)[C@@]1(C)[C@@H]3CC[C@H]4C(C)(C)[C@@H](O[C@H]5CN(C6CCOCC6)CCO5)CC[C@@]45C[C@@]35CC[C@]21C)C(C)(C)O. The minimum atomic E-state index is -1.25. The van der Waals surface area contributed by atoms with Gasteiger partial charge in [-0.3, -0.25) is 9.69 Å². The molecule has 50 heavy (non-hydrogen) atoms. The Hall–Kier alpha value is -0.810. The minimum absolute atomic E-state index is 0.0502. The van der Waals surface area contributed by atoms with Crippen molar-refractivity contribution >= 4 is 5.97 Å². The topological polar surface area (TPSA) is 107 Å². The first kappa shape index (κ1) is 36.2. The summed E-state index contributed by atoms with van der Waals surface area (Å²) >= 11 is 0. The number of morpholine rings is 1. The summed E-state index contributed by atoms with van der Waals surface area (Å²) in [5.41, 5.74) is -0.949. The second kappa shape index (κ2) is 12.1. The summed E-state index contributed by atoms with van der Waals surface area (Å²) in [6.07, 6.45) is 8.99. The lowest BCUT2D eigenvalue weighted by Gasteiger charge is -2.64. The Labute approximate surface area is 300 Å². The number of nitrogens with zero attached hydrogens (tertiary/aromatic N) is 1. The van der Waals surface area contributed by atoms with Crippen molar-refractivity contribution in [3.8, 4) is 0 Å². The van der Waals surface area contributed by atoms with Crippen molar-refractivity contribution in [2.24, 2.45) is 50.7 Å². The molecule has 8 aliphatic rings. The molecule has 9 heteroatoms. The molecule has 3 aliphatic heterocycles. The summed E-state index contributed by atoms with van der Waals surface area (Å²) < 4.78 is 31.5. The molecule has 0 amide bonds. The van der Waals surface area contributed by atoms with E-state index < -0.39 is 29.9 Å². The summed E-state index contributed by atoms with van der Waals surface area (Å²) in [6.45, 7) is 21.2. The van der Waals surface area contributed by atoms with Crippen LogP contribution in [0, 0.1) is 50.7 Å². The van der Waals surface area contributed by atoms with Gasteiger partial charge in [-0.25, -0.2) is 0 Å². The Morgan fingerprint density at radius 2 is 1.66 bits per heavy atom. The van der Waals surface area contributed by atoms with Crippen molar-refractivity contribution < 1.29 is 38.7 Å². The molecule has 5 saturated carbocycles. The number of carbonyl (C=O) groups excluding carboxylic acids is 1. The Bertz CT molecular complexity index is 1310. The molecule has 2 N–H and O–H groups in total. The second-order valence-electron chi connectivity index (χ2n) is 20.0. The molecule has 5 aliphatic carbocycles. The van der Waals surface area contributed by atoms with E-state index in [0.717, 1.165) is 65.0 Å². The highest BCUT2D eigenvalue weighted by atomic mass is 16.7. The first-order valence-electron chi connectivity index (χ1n) is 20.3. The largest absolute Gasteiger partial charge is 0.457 e. The highest BCUT2D eigenvalue weighted by Gasteiger charge is 2.84. The van der Waals surface area contributed by atoms with E-state index in [-0.39, 0.29) is 52.0 Å². The molecule has 3 saturated heterocycles. The van der Waals surface area contributed by atoms with Crippen molar-refractivity contribution in [1.82, 2.24) is 4.90 Å². The van der Waals surface area contributed by atoms with E-state index in [1.807, 2.05) is 0 Å². The number of carbonyl (C=O) groups is 1. The average molecular weight is 702 g/mol. The Morgan fingerprint density at radius 1 is 0.960 bits per heavy atom. The first-order valence-corrected chi connectivity index (χ1v) is 20.3. The zero-order valence-corrected chi connectivity index (χ0v) is 32.2. The van der Waals surface area contributed by atoms with Gasteiger partial charge in [0.15, 0.2) is 12.4 Å². The normalized spacial score (nSPS) is 51.0. The van der Waals surface area contributed by atoms with Gasteiger partial charge in [0.25, 0.3) is 0 Å². The number of ether oxygens (including phenoxy) is 5. The fourth-order valence-electron chi connectivity index (χ4n) is 14.9. The van der Waals surface area contributed by atoms with Gasteiger partial charge < -0.3 is 33.9 Å². The maximum absolute atomic E-state index is 12.6. The third kappa shape index (κ3) is 5.05. The molecule has 0 bridgehead atoms. The maximum atomic E-state index is 12.6. The zero-order chi connectivity index (χ0) is 35.6. The van der Waals surface area contributed by atoms with E-state index in [4.69, 9.17) is 23.7 Å². The van der Waals surface area contributed by atoms with Crippen LogP contribution >= 0.6 is 0 Å². The molecular weight excluding hydrogens is 634 g/mol. The van der Waals surface area contributed by atoms with E-state index in [9.17, 15) is 15.0 Å². The van der Waals surface area contributed by atoms with Gasteiger partial charge in [-0.15, -0.1) is 0 Å². The van der Waals surface area contributed by atoms with Crippen LogP contribution < -0.4 is 0 Å². The molecule has 0 aromatic carbocycles. The van der Waals surface area contributed by atoms with Gasteiger partial charge in [-0.2, -0.15) is 0 Å². The Balaban J connectivity index is 1.01. The number of fused-ring (bicyclic) bond motifs is 4. The molecule has 0 unspecified atom stereocenters. The lowest BCUT2D eigenvalue weighted by molar-refractivity contribution is -0.252. The standard InChI is InChI=1S/C41H67NO8/c1-24-21-27(35(37(5,6)45)48-25(2)43)49-33-32(24)38(7)15-16-41-23-40(41)14-11-30(36(3,4)28(40)9-10-29(41)39(38,8)34(33)44)50-31-22-42(17-20-47-31)26-12-18-46-19-13-26/h24,26-35,44-45H,9-23H2,1-8H3/t24-,27-,28+,29+,30+,31+,32+,33+,34+,35+,38-,39-,40-,41+/m1/s1. The minimum Gasteiger partial charge on any atom is -0.457 e. The van der Waals surface area contributed by atoms with Gasteiger partial charge >= 0.3 is 5.97 Å². The van der Waals surface area contributed by atoms with Gasteiger partial charge in [-0.1, -0.05) is 34.6 Å². The fraction of sp³-hybridized carbons (Fsp3) is 0.976. The Kier molecular flexibility index (Phi) is 8.75. The van der Waals surface area contributed by atoms with Gasteiger partial charge in [0.2, 0.25) is 0 Å². The summed E-state index contributed by atoms with van der Waals surface area (Å²) in [4.78, 5) is 14.7. The number of rotatable bonds is 6. The number of hydrogen-bond donors (Lipinski definition) is 2. The third-order valence-electron chi connectivity index (χ3n) is 17.2. The molecular formula is C41H67NO8. The maximum Gasteiger partial charge on any atom is 0.303 e. The van der Waals surface area contributed by atoms with E-state index in [1.54, 1.807) is 13.8 Å². The zero-order valence-electron chi connectivity index (χ0n) is 32.2. The molecule has 8 rings (SSSR count). The van der Waals surface area contributed by atoms with Crippen LogP contribution in [0.15, 0.2) is 0 Å².